The molecule has 0 saturated carbocycles. The zero-order valence-electron chi connectivity index (χ0n) is 10.6. The van der Waals surface area contributed by atoms with Gasteiger partial charge in [0.1, 0.15) is 4.90 Å². The molecule has 0 aliphatic heterocycles. The summed E-state index contributed by atoms with van der Waals surface area (Å²) in [5, 5.41) is 0.326. The van der Waals surface area contributed by atoms with Crippen LogP contribution in [-0.4, -0.2) is 27.0 Å². The van der Waals surface area contributed by atoms with Crippen molar-refractivity contribution in [3.05, 3.63) is 22.2 Å². The van der Waals surface area contributed by atoms with Crippen LogP contribution < -0.4 is 10.5 Å². The Bertz CT molecular complexity index is 527. The molecule has 0 fully saturated rings. The van der Waals surface area contributed by atoms with Crippen LogP contribution >= 0.6 is 35.0 Å². The molecule has 0 aliphatic rings. The van der Waals surface area contributed by atoms with Gasteiger partial charge in [0.15, 0.2) is 0 Å². The van der Waals surface area contributed by atoms with Crippen LogP contribution in [0, 0.1) is 5.92 Å². The minimum atomic E-state index is -3.73. The molecule has 0 bridgehead atoms. The van der Waals surface area contributed by atoms with Crippen molar-refractivity contribution < 1.29 is 8.42 Å². The fraction of sp³-hybridized carbons (Fsp3) is 0.455. The quantitative estimate of drug-likeness (QED) is 0.779. The van der Waals surface area contributed by atoms with Gasteiger partial charge in [-0.05, 0) is 30.1 Å². The van der Waals surface area contributed by atoms with Crippen molar-refractivity contribution in [2.45, 2.75) is 11.8 Å². The maximum absolute atomic E-state index is 12.2. The van der Waals surface area contributed by atoms with Crippen LogP contribution in [0.1, 0.15) is 6.92 Å². The molecule has 0 radical (unpaired) electrons. The second kappa shape index (κ2) is 7.04. The molecule has 0 aliphatic carbocycles. The number of nitrogen functional groups attached to an aromatic ring is 1. The van der Waals surface area contributed by atoms with Crippen LogP contribution in [0.25, 0.3) is 0 Å². The summed E-state index contributed by atoms with van der Waals surface area (Å²) in [6.45, 7) is 2.30. The molecule has 108 valence electrons. The molecule has 1 aromatic carbocycles. The molecule has 0 amide bonds. The van der Waals surface area contributed by atoms with Crippen molar-refractivity contribution in [1.29, 1.82) is 0 Å². The fourth-order valence-corrected chi connectivity index (χ4v) is 4.37. The Balaban J connectivity index is 2.95. The van der Waals surface area contributed by atoms with Gasteiger partial charge in [0.2, 0.25) is 10.0 Å². The Labute approximate surface area is 128 Å². The first-order valence-corrected chi connectivity index (χ1v) is 9.14. The van der Waals surface area contributed by atoms with Crippen molar-refractivity contribution in [3.63, 3.8) is 0 Å². The molecule has 4 nitrogen and oxygen atoms in total. The number of nitrogens with two attached hydrogens (primary N) is 1. The lowest BCUT2D eigenvalue weighted by molar-refractivity contribution is 0.563. The summed E-state index contributed by atoms with van der Waals surface area (Å²) < 4.78 is 26.8. The van der Waals surface area contributed by atoms with Gasteiger partial charge >= 0.3 is 0 Å². The Morgan fingerprint density at radius 3 is 2.58 bits per heavy atom. The van der Waals surface area contributed by atoms with E-state index in [1.807, 2.05) is 13.2 Å². The zero-order valence-corrected chi connectivity index (χ0v) is 13.8. The average molecular weight is 343 g/mol. The summed E-state index contributed by atoms with van der Waals surface area (Å²) in [6, 6.07) is 2.73. The summed E-state index contributed by atoms with van der Waals surface area (Å²) in [4.78, 5) is -0.116. The first-order chi connectivity index (χ1) is 8.77. The van der Waals surface area contributed by atoms with Crippen LogP contribution in [-0.2, 0) is 10.0 Å². The SMILES string of the molecule is CSCC(C)CNS(=O)(=O)c1c(N)cc(Cl)cc1Cl. The number of halogens is 2. The van der Waals surface area contributed by atoms with E-state index in [4.69, 9.17) is 28.9 Å². The molecule has 1 rings (SSSR count). The molecular weight excluding hydrogens is 327 g/mol. The van der Waals surface area contributed by atoms with Crippen LogP contribution in [0.3, 0.4) is 0 Å². The van der Waals surface area contributed by atoms with Gasteiger partial charge in [0.25, 0.3) is 0 Å². The molecule has 0 spiro atoms. The standard InChI is InChI=1S/C11H16Cl2N2O2S2/c1-7(6-18-2)5-15-19(16,17)11-9(13)3-8(12)4-10(11)14/h3-4,7,15H,5-6,14H2,1-2H3. The highest BCUT2D eigenvalue weighted by Gasteiger charge is 2.22. The maximum Gasteiger partial charge on any atom is 0.244 e. The number of rotatable bonds is 6. The van der Waals surface area contributed by atoms with Crippen LogP contribution in [0.5, 0.6) is 0 Å². The molecular formula is C11H16Cl2N2O2S2. The third kappa shape index (κ3) is 4.72. The molecule has 0 aromatic heterocycles. The number of sulfonamides is 1. The van der Waals surface area contributed by atoms with Gasteiger partial charge in [-0.25, -0.2) is 13.1 Å². The molecule has 3 N–H and O–H groups in total. The highest BCUT2D eigenvalue weighted by atomic mass is 35.5. The van der Waals surface area contributed by atoms with E-state index in [-0.39, 0.29) is 21.5 Å². The zero-order chi connectivity index (χ0) is 14.6. The number of anilines is 1. The lowest BCUT2D eigenvalue weighted by Gasteiger charge is -2.14. The molecule has 19 heavy (non-hydrogen) atoms. The van der Waals surface area contributed by atoms with Crippen molar-refractivity contribution in [2.24, 2.45) is 5.92 Å². The third-order valence-electron chi connectivity index (χ3n) is 2.38. The Morgan fingerprint density at radius 1 is 1.42 bits per heavy atom. The van der Waals surface area contributed by atoms with E-state index >= 15 is 0 Å². The highest BCUT2D eigenvalue weighted by Crippen LogP contribution is 2.30. The Kier molecular flexibility index (Phi) is 6.26. The summed E-state index contributed by atoms with van der Waals surface area (Å²) >= 11 is 13.3. The number of benzene rings is 1. The largest absolute Gasteiger partial charge is 0.398 e. The van der Waals surface area contributed by atoms with Crippen molar-refractivity contribution in [3.8, 4) is 0 Å². The smallest absolute Gasteiger partial charge is 0.244 e. The predicted molar refractivity (Wildman–Crippen MR) is 83.6 cm³/mol. The summed E-state index contributed by atoms with van der Waals surface area (Å²) in [7, 11) is -3.73. The molecule has 1 aromatic rings. The van der Waals surface area contributed by atoms with Gasteiger partial charge in [0.05, 0.1) is 10.7 Å². The summed E-state index contributed by atoms with van der Waals surface area (Å²) in [5.41, 5.74) is 5.73. The van der Waals surface area contributed by atoms with E-state index < -0.39 is 10.0 Å². The predicted octanol–water partition coefficient (Wildman–Crippen LogP) is 2.85. The lowest BCUT2D eigenvalue weighted by atomic mass is 10.2. The Morgan fingerprint density at radius 2 is 2.05 bits per heavy atom. The lowest BCUT2D eigenvalue weighted by Crippen LogP contribution is -2.30. The molecule has 8 heteroatoms. The van der Waals surface area contributed by atoms with Crippen LogP contribution in [0.15, 0.2) is 17.0 Å². The minimum Gasteiger partial charge on any atom is -0.398 e. The fourth-order valence-electron chi connectivity index (χ4n) is 1.53. The van der Waals surface area contributed by atoms with E-state index in [1.165, 1.54) is 12.1 Å². The first-order valence-electron chi connectivity index (χ1n) is 5.51. The van der Waals surface area contributed by atoms with Gasteiger partial charge in [0, 0.05) is 11.6 Å². The highest BCUT2D eigenvalue weighted by molar-refractivity contribution is 7.98. The van der Waals surface area contributed by atoms with Gasteiger partial charge in [-0.2, -0.15) is 11.8 Å². The maximum atomic E-state index is 12.2. The van der Waals surface area contributed by atoms with E-state index in [0.717, 1.165) is 5.75 Å². The van der Waals surface area contributed by atoms with Crippen molar-refractivity contribution in [2.75, 3.05) is 24.3 Å². The summed E-state index contributed by atoms with van der Waals surface area (Å²) in [6.07, 6.45) is 1.97. The van der Waals surface area contributed by atoms with Crippen LogP contribution in [0.4, 0.5) is 5.69 Å². The second-order valence-electron chi connectivity index (χ2n) is 4.22. The molecule has 1 unspecified atom stereocenters. The number of hydrogen-bond donors (Lipinski definition) is 2. The second-order valence-corrected chi connectivity index (χ2v) is 7.68. The third-order valence-corrected chi connectivity index (χ3v) is 5.45. The molecule has 0 heterocycles. The summed E-state index contributed by atoms with van der Waals surface area (Å²) in [5.74, 6) is 1.09. The van der Waals surface area contributed by atoms with Crippen molar-refractivity contribution in [1.82, 2.24) is 4.72 Å². The molecule has 0 saturated heterocycles. The Hall–Kier alpha value is -0.140. The number of hydrogen-bond acceptors (Lipinski definition) is 4. The number of thioether (sulfide) groups is 1. The van der Waals surface area contributed by atoms with Crippen LogP contribution in [0.2, 0.25) is 10.0 Å². The average Bonchev–Trinajstić information content (AvgIpc) is 2.25. The van der Waals surface area contributed by atoms with E-state index in [0.29, 0.717) is 11.6 Å². The molecule has 1 atom stereocenters. The topological polar surface area (TPSA) is 72.2 Å². The van der Waals surface area contributed by atoms with Gasteiger partial charge in [-0.3, -0.25) is 0 Å². The van der Waals surface area contributed by atoms with Gasteiger partial charge < -0.3 is 5.73 Å². The van der Waals surface area contributed by atoms with E-state index in [2.05, 4.69) is 4.72 Å². The van der Waals surface area contributed by atoms with E-state index in [9.17, 15) is 8.42 Å². The minimum absolute atomic E-state index is 0.0232. The first kappa shape index (κ1) is 16.9. The number of nitrogens with one attached hydrogen (secondary N) is 1. The monoisotopic (exact) mass is 342 g/mol. The van der Waals surface area contributed by atoms with Gasteiger partial charge in [-0.15, -0.1) is 0 Å². The van der Waals surface area contributed by atoms with E-state index in [1.54, 1.807) is 11.8 Å². The van der Waals surface area contributed by atoms with Gasteiger partial charge in [-0.1, -0.05) is 30.1 Å². The van der Waals surface area contributed by atoms with Crippen molar-refractivity contribution >= 4 is 50.7 Å². The normalized spacial score (nSPS) is 13.5.